The van der Waals surface area contributed by atoms with Crippen LogP contribution in [0.15, 0.2) is 0 Å². The summed E-state index contributed by atoms with van der Waals surface area (Å²) in [6.07, 6.45) is 4.06. The van der Waals surface area contributed by atoms with E-state index in [0.29, 0.717) is 23.9 Å². The number of nitrogens with two attached hydrogens (primary N) is 1. The molecule has 4 nitrogen and oxygen atoms in total. The molecule has 1 saturated carbocycles. The molecule has 110 valence electrons. The fourth-order valence-corrected chi connectivity index (χ4v) is 3.72. The second kappa shape index (κ2) is 6.23. The van der Waals surface area contributed by atoms with E-state index in [1.54, 1.807) is 0 Å². The van der Waals surface area contributed by atoms with Crippen LogP contribution >= 0.6 is 0 Å². The Balaban J connectivity index is 2.01. The second-order valence-corrected chi connectivity index (χ2v) is 6.65. The van der Waals surface area contributed by atoms with Crippen LogP contribution in [-0.4, -0.2) is 54.5 Å². The van der Waals surface area contributed by atoms with Crippen LogP contribution in [0.25, 0.3) is 0 Å². The average Bonchev–Trinajstić information content (AvgIpc) is 2.49. The molecule has 0 aromatic rings. The zero-order valence-corrected chi connectivity index (χ0v) is 12.6. The van der Waals surface area contributed by atoms with Crippen LogP contribution in [0.3, 0.4) is 0 Å². The summed E-state index contributed by atoms with van der Waals surface area (Å²) < 4.78 is 0. The Labute approximate surface area is 117 Å². The minimum atomic E-state index is 0.200. The van der Waals surface area contributed by atoms with E-state index in [-0.39, 0.29) is 5.92 Å². The molecule has 4 unspecified atom stereocenters. The SMILES string of the molecule is CC1CC(N)CCC1C(=O)N1CCCN(C)CC1C. The molecule has 4 atom stereocenters. The third-order valence-electron chi connectivity index (χ3n) is 4.86. The molecule has 1 saturated heterocycles. The van der Waals surface area contributed by atoms with Crippen molar-refractivity contribution in [2.75, 3.05) is 26.7 Å². The van der Waals surface area contributed by atoms with Crippen molar-refractivity contribution in [2.45, 2.75) is 51.6 Å². The highest BCUT2D eigenvalue weighted by Gasteiger charge is 2.35. The van der Waals surface area contributed by atoms with Gasteiger partial charge >= 0.3 is 0 Å². The first-order valence-corrected chi connectivity index (χ1v) is 7.73. The van der Waals surface area contributed by atoms with Gasteiger partial charge in [0.1, 0.15) is 0 Å². The van der Waals surface area contributed by atoms with Gasteiger partial charge in [-0.1, -0.05) is 6.92 Å². The summed E-state index contributed by atoms with van der Waals surface area (Å²) in [5.74, 6) is 1.01. The maximum absolute atomic E-state index is 12.8. The summed E-state index contributed by atoms with van der Waals surface area (Å²) in [6, 6.07) is 0.634. The minimum absolute atomic E-state index is 0.200. The molecule has 2 N–H and O–H groups in total. The van der Waals surface area contributed by atoms with E-state index in [4.69, 9.17) is 5.73 Å². The van der Waals surface area contributed by atoms with Crippen LogP contribution in [0.5, 0.6) is 0 Å². The monoisotopic (exact) mass is 267 g/mol. The molecule has 1 aliphatic carbocycles. The third-order valence-corrected chi connectivity index (χ3v) is 4.86. The van der Waals surface area contributed by atoms with Gasteiger partial charge in [0.2, 0.25) is 5.91 Å². The van der Waals surface area contributed by atoms with Crippen molar-refractivity contribution < 1.29 is 4.79 Å². The van der Waals surface area contributed by atoms with Crippen molar-refractivity contribution in [3.8, 4) is 0 Å². The van der Waals surface area contributed by atoms with E-state index < -0.39 is 0 Å². The Bertz CT molecular complexity index is 321. The molecule has 19 heavy (non-hydrogen) atoms. The second-order valence-electron chi connectivity index (χ2n) is 6.65. The topological polar surface area (TPSA) is 49.6 Å². The molecule has 2 fully saturated rings. The number of nitrogens with zero attached hydrogens (tertiary/aromatic N) is 2. The fraction of sp³-hybridized carbons (Fsp3) is 0.933. The first kappa shape index (κ1) is 14.8. The van der Waals surface area contributed by atoms with Gasteiger partial charge in [0.15, 0.2) is 0 Å². The van der Waals surface area contributed by atoms with Crippen molar-refractivity contribution in [1.82, 2.24) is 9.80 Å². The van der Waals surface area contributed by atoms with Gasteiger partial charge in [0.25, 0.3) is 0 Å². The number of carbonyl (C=O) groups is 1. The molecular weight excluding hydrogens is 238 g/mol. The van der Waals surface area contributed by atoms with Crippen molar-refractivity contribution in [3.63, 3.8) is 0 Å². The largest absolute Gasteiger partial charge is 0.338 e. The molecular formula is C15H29N3O. The normalized spacial score (nSPS) is 38.0. The van der Waals surface area contributed by atoms with Crippen LogP contribution in [0, 0.1) is 11.8 Å². The number of hydrogen-bond donors (Lipinski definition) is 1. The van der Waals surface area contributed by atoms with Gasteiger partial charge in [0, 0.05) is 31.1 Å². The lowest BCUT2D eigenvalue weighted by Gasteiger charge is -2.37. The number of rotatable bonds is 1. The number of likely N-dealkylation sites (N-methyl/N-ethyl adjacent to an activating group) is 1. The Morgan fingerprint density at radius 2 is 1.95 bits per heavy atom. The predicted molar refractivity (Wildman–Crippen MR) is 77.8 cm³/mol. The quantitative estimate of drug-likeness (QED) is 0.779. The molecule has 0 aromatic carbocycles. The maximum atomic E-state index is 12.8. The average molecular weight is 267 g/mol. The number of amides is 1. The summed E-state index contributed by atoms with van der Waals surface area (Å²) in [6.45, 7) is 7.38. The summed E-state index contributed by atoms with van der Waals surface area (Å²) in [4.78, 5) is 17.3. The predicted octanol–water partition coefficient (Wildman–Crippen LogP) is 1.30. The van der Waals surface area contributed by atoms with Crippen molar-refractivity contribution >= 4 is 5.91 Å². The molecule has 0 bridgehead atoms. The van der Waals surface area contributed by atoms with E-state index in [1.165, 1.54) is 0 Å². The first-order valence-electron chi connectivity index (χ1n) is 7.73. The summed E-state index contributed by atoms with van der Waals surface area (Å²) in [7, 11) is 2.15. The minimum Gasteiger partial charge on any atom is -0.338 e. The summed E-state index contributed by atoms with van der Waals surface area (Å²) >= 11 is 0. The van der Waals surface area contributed by atoms with Gasteiger partial charge in [-0.25, -0.2) is 0 Å². The highest BCUT2D eigenvalue weighted by atomic mass is 16.2. The third kappa shape index (κ3) is 3.48. The lowest BCUT2D eigenvalue weighted by atomic mass is 9.77. The molecule has 2 aliphatic rings. The van der Waals surface area contributed by atoms with Gasteiger partial charge in [-0.15, -0.1) is 0 Å². The standard InChI is InChI=1S/C15H29N3O/c1-11-9-13(16)5-6-14(11)15(19)18-8-4-7-17(3)10-12(18)2/h11-14H,4-10,16H2,1-3H3. The van der Waals surface area contributed by atoms with Crippen LogP contribution in [0.2, 0.25) is 0 Å². The van der Waals surface area contributed by atoms with E-state index in [0.717, 1.165) is 45.3 Å². The maximum Gasteiger partial charge on any atom is 0.226 e. The van der Waals surface area contributed by atoms with Gasteiger partial charge in [-0.05, 0) is 52.1 Å². The molecule has 0 spiro atoms. The Kier molecular flexibility index (Phi) is 4.85. The smallest absolute Gasteiger partial charge is 0.226 e. The molecule has 1 heterocycles. The Hall–Kier alpha value is -0.610. The zero-order valence-electron chi connectivity index (χ0n) is 12.6. The van der Waals surface area contributed by atoms with Crippen LogP contribution in [-0.2, 0) is 4.79 Å². The van der Waals surface area contributed by atoms with Crippen LogP contribution in [0.4, 0.5) is 0 Å². The molecule has 0 aromatic heterocycles. The van der Waals surface area contributed by atoms with Crippen LogP contribution < -0.4 is 5.73 Å². The lowest BCUT2D eigenvalue weighted by Crippen LogP contribution is -2.48. The van der Waals surface area contributed by atoms with Gasteiger partial charge in [-0.2, -0.15) is 0 Å². The van der Waals surface area contributed by atoms with E-state index in [9.17, 15) is 4.79 Å². The molecule has 4 heteroatoms. The van der Waals surface area contributed by atoms with Gasteiger partial charge < -0.3 is 15.5 Å². The molecule has 1 aliphatic heterocycles. The first-order chi connectivity index (χ1) is 8.99. The zero-order chi connectivity index (χ0) is 14.0. The Morgan fingerprint density at radius 3 is 2.63 bits per heavy atom. The van der Waals surface area contributed by atoms with Crippen molar-refractivity contribution in [3.05, 3.63) is 0 Å². The van der Waals surface area contributed by atoms with Crippen molar-refractivity contribution in [1.29, 1.82) is 0 Å². The number of hydrogen-bond acceptors (Lipinski definition) is 3. The highest BCUT2D eigenvalue weighted by Crippen LogP contribution is 2.31. The van der Waals surface area contributed by atoms with Gasteiger partial charge in [0.05, 0.1) is 0 Å². The van der Waals surface area contributed by atoms with Crippen molar-refractivity contribution in [2.24, 2.45) is 17.6 Å². The fourth-order valence-electron chi connectivity index (χ4n) is 3.72. The van der Waals surface area contributed by atoms with Crippen LogP contribution in [0.1, 0.15) is 39.5 Å². The van der Waals surface area contributed by atoms with E-state index >= 15 is 0 Å². The van der Waals surface area contributed by atoms with E-state index in [1.807, 2.05) is 0 Å². The molecule has 0 radical (unpaired) electrons. The summed E-state index contributed by atoms with van der Waals surface area (Å²) in [5.41, 5.74) is 6.00. The Morgan fingerprint density at radius 1 is 1.21 bits per heavy atom. The summed E-state index contributed by atoms with van der Waals surface area (Å²) in [5, 5.41) is 0. The van der Waals surface area contributed by atoms with E-state index in [2.05, 4.69) is 30.7 Å². The van der Waals surface area contributed by atoms with Gasteiger partial charge in [-0.3, -0.25) is 4.79 Å². The molecule has 2 rings (SSSR count). The molecule has 1 amide bonds. The highest BCUT2D eigenvalue weighted by molar-refractivity contribution is 5.79. The number of carbonyl (C=O) groups excluding carboxylic acids is 1. The lowest BCUT2D eigenvalue weighted by molar-refractivity contribution is -0.140.